The molecule has 21 heavy (non-hydrogen) atoms. The average Bonchev–Trinajstić information content (AvgIpc) is 2.36. The predicted molar refractivity (Wildman–Crippen MR) is 77.9 cm³/mol. The second kappa shape index (κ2) is 6.71. The molecule has 0 heterocycles. The van der Waals surface area contributed by atoms with Gasteiger partial charge in [-0.3, -0.25) is 4.79 Å². The Morgan fingerprint density at radius 2 is 1.81 bits per heavy atom. The molecule has 1 rings (SSSR count). The van der Waals surface area contributed by atoms with E-state index in [4.69, 9.17) is 5.11 Å². The van der Waals surface area contributed by atoms with E-state index in [0.717, 1.165) is 6.26 Å². The summed E-state index contributed by atoms with van der Waals surface area (Å²) in [4.78, 5) is 23.2. The van der Waals surface area contributed by atoms with Gasteiger partial charge in [-0.25, -0.2) is 13.2 Å². The molecular weight excluding hydrogens is 294 g/mol. The van der Waals surface area contributed by atoms with Crippen LogP contribution in [0, 0.1) is 5.92 Å². The highest BCUT2D eigenvalue weighted by Gasteiger charge is 2.24. The molecule has 1 aromatic rings. The quantitative estimate of drug-likeness (QED) is 0.825. The standard InChI is InChI=1S/C14H19NO5S/c1-9(2)8-11(14(17)18)15-13(16)10-6-4-5-7-12(10)21(3,19)20/h4-7,9,11H,8H2,1-3H3,(H,15,16)(H,17,18)/t11-/m0/s1. The van der Waals surface area contributed by atoms with Crippen molar-refractivity contribution in [2.24, 2.45) is 5.92 Å². The monoisotopic (exact) mass is 313 g/mol. The van der Waals surface area contributed by atoms with Crippen LogP contribution in [0.4, 0.5) is 0 Å². The van der Waals surface area contributed by atoms with Crippen molar-refractivity contribution in [2.75, 3.05) is 6.26 Å². The van der Waals surface area contributed by atoms with Gasteiger partial charge < -0.3 is 10.4 Å². The van der Waals surface area contributed by atoms with E-state index in [1.807, 2.05) is 13.8 Å². The molecule has 7 heteroatoms. The van der Waals surface area contributed by atoms with E-state index in [1.165, 1.54) is 24.3 Å². The van der Waals surface area contributed by atoms with Crippen molar-refractivity contribution in [2.45, 2.75) is 31.2 Å². The zero-order chi connectivity index (χ0) is 16.2. The predicted octanol–water partition coefficient (Wildman–Crippen LogP) is 1.32. The molecule has 0 unspecified atom stereocenters. The van der Waals surface area contributed by atoms with Gasteiger partial charge >= 0.3 is 5.97 Å². The minimum absolute atomic E-state index is 0.0463. The molecule has 1 atom stereocenters. The summed E-state index contributed by atoms with van der Waals surface area (Å²) in [7, 11) is -3.57. The number of aliphatic carboxylic acids is 1. The van der Waals surface area contributed by atoms with Crippen LogP contribution in [0.5, 0.6) is 0 Å². The third kappa shape index (κ3) is 4.86. The van der Waals surface area contributed by atoms with E-state index in [0.29, 0.717) is 0 Å². The van der Waals surface area contributed by atoms with Crippen molar-refractivity contribution >= 4 is 21.7 Å². The van der Waals surface area contributed by atoms with Crippen molar-refractivity contribution in [1.82, 2.24) is 5.32 Å². The van der Waals surface area contributed by atoms with Crippen LogP contribution in [0.2, 0.25) is 0 Å². The number of amides is 1. The van der Waals surface area contributed by atoms with E-state index in [9.17, 15) is 18.0 Å². The van der Waals surface area contributed by atoms with Crippen molar-refractivity contribution in [3.8, 4) is 0 Å². The molecule has 0 aliphatic carbocycles. The first-order chi connectivity index (χ1) is 9.62. The first-order valence-corrected chi connectivity index (χ1v) is 8.34. The van der Waals surface area contributed by atoms with Crippen LogP contribution in [0.1, 0.15) is 30.6 Å². The second-order valence-electron chi connectivity index (χ2n) is 5.26. The molecule has 1 aromatic carbocycles. The van der Waals surface area contributed by atoms with Gasteiger partial charge in [-0.15, -0.1) is 0 Å². The van der Waals surface area contributed by atoms with E-state index in [2.05, 4.69) is 5.32 Å². The Morgan fingerprint density at radius 3 is 2.29 bits per heavy atom. The lowest BCUT2D eigenvalue weighted by Crippen LogP contribution is -2.42. The summed E-state index contributed by atoms with van der Waals surface area (Å²) in [5.41, 5.74) is -0.0463. The number of carbonyl (C=O) groups is 2. The number of sulfone groups is 1. The number of hydrogen-bond acceptors (Lipinski definition) is 4. The zero-order valence-electron chi connectivity index (χ0n) is 12.2. The van der Waals surface area contributed by atoms with E-state index < -0.39 is 27.8 Å². The Kier molecular flexibility index (Phi) is 5.48. The maximum Gasteiger partial charge on any atom is 0.326 e. The van der Waals surface area contributed by atoms with E-state index in [-0.39, 0.29) is 22.8 Å². The molecule has 0 bridgehead atoms. The molecule has 0 spiro atoms. The number of nitrogens with one attached hydrogen (secondary N) is 1. The van der Waals surface area contributed by atoms with Gasteiger partial charge in [0, 0.05) is 6.26 Å². The fourth-order valence-electron chi connectivity index (χ4n) is 1.91. The molecule has 0 aromatic heterocycles. The SMILES string of the molecule is CC(C)C[C@H](NC(=O)c1ccccc1S(C)(=O)=O)C(=O)O. The summed E-state index contributed by atoms with van der Waals surface area (Å²) < 4.78 is 23.3. The summed E-state index contributed by atoms with van der Waals surface area (Å²) in [6.07, 6.45) is 1.27. The third-order valence-electron chi connectivity index (χ3n) is 2.84. The summed E-state index contributed by atoms with van der Waals surface area (Å²) in [6.45, 7) is 3.68. The summed E-state index contributed by atoms with van der Waals surface area (Å²) in [5, 5.41) is 11.5. The molecule has 1 amide bonds. The number of carbonyl (C=O) groups excluding carboxylic acids is 1. The Bertz CT molecular complexity index is 637. The summed E-state index contributed by atoms with van der Waals surface area (Å²) in [5.74, 6) is -1.77. The molecule has 0 saturated carbocycles. The first kappa shape index (κ1) is 17.2. The maximum atomic E-state index is 12.2. The highest BCUT2D eigenvalue weighted by Crippen LogP contribution is 2.16. The fourth-order valence-corrected chi connectivity index (χ4v) is 2.79. The third-order valence-corrected chi connectivity index (χ3v) is 4.00. The maximum absolute atomic E-state index is 12.2. The van der Waals surface area contributed by atoms with Crippen molar-refractivity contribution in [3.63, 3.8) is 0 Å². The lowest BCUT2D eigenvalue weighted by molar-refractivity contribution is -0.139. The van der Waals surface area contributed by atoms with Crippen molar-refractivity contribution in [1.29, 1.82) is 0 Å². The minimum Gasteiger partial charge on any atom is -0.480 e. The molecule has 116 valence electrons. The van der Waals surface area contributed by atoms with Crippen LogP contribution in [-0.2, 0) is 14.6 Å². The first-order valence-electron chi connectivity index (χ1n) is 6.45. The van der Waals surface area contributed by atoms with Gasteiger partial charge in [-0.1, -0.05) is 26.0 Å². The lowest BCUT2D eigenvalue weighted by atomic mass is 10.0. The van der Waals surface area contributed by atoms with Crippen LogP contribution < -0.4 is 5.32 Å². The number of carboxylic acids is 1. The van der Waals surface area contributed by atoms with Gasteiger partial charge in [0.25, 0.3) is 5.91 Å². The van der Waals surface area contributed by atoms with E-state index >= 15 is 0 Å². The summed E-state index contributed by atoms with van der Waals surface area (Å²) in [6, 6.07) is 4.67. The van der Waals surface area contributed by atoms with Crippen LogP contribution in [0.3, 0.4) is 0 Å². The van der Waals surface area contributed by atoms with E-state index in [1.54, 1.807) is 0 Å². The second-order valence-corrected chi connectivity index (χ2v) is 7.25. The average molecular weight is 313 g/mol. The fraction of sp³-hybridized carbons (Fsp3) is 0.429. The van der Waals surface area contributed by atoms with Crippen LogP contribution in [0.25, 0.3) is 0 Å². The number of hydrogen-bond donors (Lipinski definition) is 2. The van der Waals surface area contributed by atoms with Gasteiger partial charge in [0.15, 0.2) is 9.84 Å². The van der Waals surface area contributed by atoms with Gasteiger partial charge in [0.05, 0.1) is 10.5 Å². The van der Waals surface area contributed by atoms with Crippen LogP contribution >= 0.6 is 0 Å². The van der Waals surface area contributed by atoms with Gasteiger partial charge in [0.2, 0.25) is 0 Å². The zero-order valence-corrected chi connectivity index (χ0v) is 13.0. The number of benzene rings is 1. The van der Waals surface area contributed by atoms with Gasteiger partial charge in [-0.05, 0) is 24.5 Å². The van der Waals surface area contributed by atoms with Crippen molar-refractivity contribution in [3.05, 3.63) is 29.8 Å². The number of carboxylic acid groups (broad SMARTS) is 1. The molecule has 0 saturated heterocycles. The highest BCUT2D eigenvalue weighted by atomic mass is 32.2. The lowest BCUT2D eigenvalue weighted by Gasteiger charge is -2.17. The Hall–Kier alpha value is -1.89. The van der Waals surface area contributed by atoms with Crippen molar-refractivity contribution < 1.29 is 23.1 Å². The molecule has 6 nitrogen and oxygen atoms in total. The Labute approximate surface area is 124 Å². The molecule has 2 N–H and O–H groups in total. The van der Waals surface area contributed by atoms with Gasteiger partial charge in [-0.2, -0.15) is 0 Å². The molecular formula is C14H19NO5S. The van der Waals surface area contributed by atoms with Gasteiger partial charge in [0.1, 0.15) is 6.04 Å². The topological polar surface area (TPSA) is 101 Å². The highest BCUT2D eigenvalue weighted by molar-refractivity contribution is 7.90. The molecule has 0 fully saturated rings. The Morgan fingerprint density at radius 1 is 1.24 bits per heavy atom. The smallest absolute Gasteiger partial charge is 0.326 e. The molecule has 0 aliphatic heterocycles. The molecule has 0 aliphatic rings. The normalized spacial score (nSPS) is 13.0. The van der Waals surface area contributed by atoms with Crippen LogP contribution in [0.15, 0.2) is 29.2 Å². The minimum atomic E-state index is -3.57. The van der Waals surface area contributed by atoms with Crippen LogP contribution in [-0.4, -0.2) is 37.7 Å². The Balaban J connectivity index is 3.07. The summed E-state index contributed by atoms with van der Waals surface area (Å²) >= 11 is 0. The number of rotatable bonds is 6. The molecule has 0 radical (unpaired) electrons. The largest absolute Gasteiger partial charge is 0.480 e.